The van der Waals surface area contributed by atoms with E-state index in [2.05, 4.69) is 5.32 Å². The molecule has 0 aliphatic carbocycles. The maximum atomic E-state index is 14.0. The van der Waals surface area contributed by atoms with Crippen LogP contribution < -0.4 is 9.62 Å². The molecule has 0 radical (unpaired) electrons. The van der Waals surface area contributed by atoms with Crippen molar-refractivity contribution in [3.8, 4) is 0 Å². The van der Waals surface area contributed by atoms with E-state index in [-0.39, 0.29) is 23.3 Å². The van der Waals surface area contributed by atoms with Gasteiger partial charge in [0.2, 0.25) is 11.8 Å². The molecule has 0 heterocycles. The van der Waals surface area contributed by atoms with E-state index in [0.717, 1.165) is 15.4 Å². The minimum atomic E-state index is -4.05. The highest BCUT2D eigenvalue weighted by Gasteiger charge is 2.33. The molecule has 3 aromatic carbocycles. The predicted molar refractivity (Wildman–Crippen MR) is 151 cm³/mol. The molecule has 8 heteroatoms. The van der Waals surface area contributed by atoms with Crippen molar-refractivity contribution in [2.75, 3.05) is 17.4 Å². The van der Waals surface area contributed by atoms with E-state index in [1.807, 2.05) is 52.0 Å². The molecule has 0 saturated heterocycles. The second-order valence-corrected chi connectivity index (χ2v) is 11.5. The first-order chi connectivity index (χ1) is 18.1. The summed E-state index contributed by atoms with van der Waals surface area (Å²) in [6, 6.07) is 23.5. The van der Waals surface area contributed by atoms with Crippen LogP contribution in [-0.2, 0) is 26.2 Å². The summed E-state index contributed by atoms with van der Waals surface area (Å²) in [5, 5.41) is 2.95. The van der Waals surface area contributed by atoms with Crippen LogP contribution >= 0.6 is 0 Å². The van der Waals surface area contributed by atoms with E-state index < -0.39 is 28.5 Å². The largest absolute Gasteiger partial charge is 0.354 e. The number of carbonyl (C=O) groups is 2. The van der Waals surface area contributed by atoms with Crippen LogP contribution in [0.1, 0.15) is 38.3 Å². The fourth-order valence-electron chi connectivity index (χ4n) is 4.16. The summed E-state index contributed by atoms with van der Waals surface area (Å²) in [4.78, 5) is 28.8. The number of aryl methyl sites for hydroxylation is 1. The zero-order valence-electron chi connectivity index (χ0n) is 22.5. The molecule has 1 N–H and O–H groups in total. The quantitative estimate of drug-likeness (QED) is 0.362. The van der Waals surface area contributed by atoms with Crippen molar-refractivity contribution in [2.45, 2.75) is 51.6 Å². The smallest absolute Gasteiger partial charge is 0.264 e. The molecule has 0 fully saturated rings. The van der Waals surface area contributed by atoms with Crippen LogP contribution in [-0.4, -0.2) is 44.3 Å². The van der Waals surface area contributed by atoms with Crippen LogP contribution in [0.4, 0.5) is 5.69 Å². The van der Waals surface area contributed by atoms with Crippen LogP contribution in [0.15, 0.2) is 89.8 Å². The number of hydrogen-bond donors (Lipinski definition) is 1. The van der Waals surface area contributed by atoms with Gasteiger partial charge in [0.15, 0.2) is 0 Å². The maximum Gasteiger partial charge on any atom is 0.264 e. The molecule has 1 atom stereocenters. The Morgan fingerprint density at radius 2 is 1.45 bits per heavy atom. The van der Waals surface area contributed by atoms with Crippen molar-refractivity contribution in [3.63, 3.8) is 0 Å². The van der Waals surface area contributed by atoms with Crippen molar-refractivity contribution < 1.29 is 18.0 Å². The van der Waals surface area contributed by atoms with Gasteiger partial charge in [-0.15, -0.1) is 0 Å². The number of nitrogens with one attached hydrogen (secondary N) is 1. The van der Waals surface area contributed by atoms with Gasteiger partial charge in [-0.1, -0.05) is 81.4 Å². The molecule has 202 valence electrons. The fourth-order valence-corrected chi connectivity index (χ4v) is 5.59. The fraction of sp³-hybridized carbons (Fsp3) is 0.333. The first kappa shape index (κ1) is 28.9. The highest BCUT2D eigenvalue weighted by atomic mass is 32.2. The van der Waals surface area contributed by atoms with E-state index in [1.54, 1.807) is 48.5 Å². The SMILES string of the molecule is CC[C@H](C(=O)NCC(C)C)N(Cc1ccccc1C)C(=O)CN(c1ccccc1)S(=O)(=O)c1ccccc1. The summed E-state index contributed by atoms with van der Waals surface area (Å²) >= 11 is 0. The summed E-state index contributed by atoms with van der Waals surface area (Å²) in [5.74, 6) is -0.454. The summed E-state index contributed by atoms with van der Waals surface area (Å²) < 4.78 is 28.6. The lowest BCUT2D eigenvalue weighted by Gasteiger charge is -2.33. The Kier molecular flexibility index (Phi) is 10.1. The Balaban J connectivity index is 2.02. The van der Waals surface area contributed by atoms with Gasteiger partial charge in [-0.2, -0.15) is 0 Å². The average molecular weight is 536 g/mol. The maximum absolute atomic E-state index is 14.0. The summed E-state index contributed by atoms with van der Waals surface area (Å²) in [7, 11) is -4.05. The number of hydrogen-bond acceptors (Lipinski definition) is 4. The molecule has 0 aliphatic rings. The summed E-state index contributed by atoms with van der Waals surface area (Å²) in [6.07, 6.45) is 0.387. The molecule has 0 unspecified atom stereocenters. The first-order valence-electron chi connectivity index (χ1n) is 12.9. The molecular formula is C30H37N3O4S. The molecule has 0 aliphatic heterocycles. The molecular weight excluding hydrogens is 498 g/mol. The van der Waals surface area contributed by atoms with Crippen LogP contribution in [0.3, 0.4) is 0 Å². The van der Waals surface area contributed by atoms with Crippen LogP contribution in [0.5, 0.6) is 0 Å². The van der Waals surface area contributed by atoms with Gasteiger partial charge in [0.1, 0.15) is 12.6 Å². The first-order valence-corrected chi connectivity index (χ1v) is 14.3. The van der Waals surface area contributed by atoms with Crippen molar-refractivity contribution >= 4 is 27.5 Å². The average Bonchev–Trinajstić information content (AvgIpc) is 2.92. The van der Waals surface area contributed by atoms with Crippen molar-refractivity contribution in [1.29, 1.82) is 0 Å². The van der Waals surface area contributed by atoms with Gasteiger partial charge in [-0.05, 0) is 54.7 Å². The minimum absolute atomic E-state index is 0.0869. The zero-order chi connectivity index (χ0) is 27.7. The number of sulfonamides is 1. The van der Waals surface area contributed by atoms with E-state index in [1.165, 1.54) is 17.0 Å². The molecule has 2 amide bonds. The number of carbonyl (C=O) groups excluding carboxylic acids is 2. The molecule has 0 bridgehead atoms. The number of nitrogens with zero attached hydrogens (tertiary/aromatic N) is 2. The lowest BCUT2D eigenvalue weighted by molar-refractivity contribution is -0.140. The Labute approximate surface area is 226 Å². The molecule has 3 aromatic rings. The Morgan fingerprint density at radius 3 is 2.03 bits per heavy atom. The molecule has 0 aromatic heterocycles. The van der Waals surface area contributed by atoms with Crippen molar-refractivity contribution in [3.05, 3.63) is 96.1 Å². The molecule has 0 saturated carbocycles. The predicted octanol–water partition coefficient (Wildman–Crippen LogP) is 4.77. The standard InChI is InChI=1S/C30H37N3O4S/c1-5-28(30(35)31-20-23(2)3)32(21-25-15-13-12-14-24(25)4)29(34)22-33(26-16-8-6-9-17-26)38(36,37)27-18-10-7-11-19-27/h6-19,23,28H,5,20-22H2,1-4H3,(H,31,35)/t28-/m1/s1. The third-order valence-electron chi connectivity index (χ3n) is 6.33. The lowest BCUT2D eigenvalue weighted by Crippen LogP contribution is -2.52. The third-order valence-corrected chi connectivity index (χ3v) is 8.11. The number of benzene rings is 3. The molecule has 0 spiro atoms. The van der Waals surface area contributed by atoms with Gasteiger partial charge in [0.05, 0.1) is 10.6 Å². The van der Waals surface area contributed by atoms with E-state index in [0.29, 0.717) is 18.7 Å². The number of rotatable bonds is 12. The van der Waals surface area contributed by atoms with Gasteiger partial charge in [0, 0.05) is 13.1 Å². The zero-order valence-corrected chi connectivity index (χ0v) is 23.3. The monoisotopic (exact) mass is 535 g/mol. The second kappa shape index (κ2) is 13.2. The van der Waals surface area contributed by atoms with Crippen LogP contribution in [0, 0.1) is 12.8 Å². The molecule has 3 rings (SSSR count). The highest BCUT2D eigenvalue weighted by Crippen LogP contribution is 2.24. The topological polar surface area (TPSA) is 86.8 Å². The van der Waals surface area contributed by atoms with Gasteiger partial charge in [-0.25, -0.2) is 8.42 Å². The van der Waals surface area contributed by atoms with E-state index >= 15 is 0 Å². The number of para-hydroxylation sites is 1. The third kappa shape index (κ3) is 7.22. The van der Waals surface area contributed by atoms with Crippen LogP contribution in [0.25, 0.3) is 0 Å². The van der Waals surface area contributed by atoms with Gasteiger partial charge in [0.25, 0.3) is 10.0 Å². The highest BCUT2D eigenvalue weighted by molar-refractivity contribution is 7.92. The molecule has 38 heavy (non-hydrogen) atoms. The molecule has 7 nitrogen and oxygen atoms in total. The van der Waals surface area contributed by atoms with E-state index in [4.69, 9.17) is 0 Å². The number of anilines is 1. The van der Waals surface area contributed by atoms with Gasteiger partial charge in [-0.3, -0.25) is 13.9 Å². The van der Waals surface area contributed by atoms with Crippen LogP contribution in [0.2, 0.25) is 0 Å². The lowest BCUT2D eigenvalue weighted by atomic mass is 10.1. The van der Waals surface area contributed by atoms with Crippen molar-refractivity contribution in [1.82, 2.24) is 10.2 Å². The van der Waals surface area contributed by atoms with Crippen molar-refractivity contribution in [2.24, 2.45) is 5.92 Å². The Morgan fingerprint density at radius 1 is 0.868 bits per heavy atom. The van der Waals surface area contributed by atoms with Gasteiger partial charge >= 0.3 is 0 Å². The Hall–Kier alpha value is -3.65. The summed E-state index contributed by atoms with van der Waals surface area (Å²) in [5.41, 5.74) is 2.26. The van der Waals surface area contributed by atoms with Gasteiger partial charge < -0.3 is 10.2 Å². The Bertz CT molecular complexity index is 1310. The van der Waals surface area contributed by atoms with E-state index in [9.17, 15) is 18.0 Å². The second-order valence-electron chi connectivity index (χ2n) is 9.67. The number of amides is 2. The minimum Gasteiger partial charge on any atom is -0.354 e. The normalized spacial score (nSPS) is 12.1. The summed E-state index contributed by atoms with van der Waals surface area (Å²) in [6.45, 7) is 8.04.